The summed E-state index contributed by atoms with van der Waals surface area (Å²) in [5, 5.41) is 0. The van der Waals surface area contributed by atoms with E-state index >= 15 is 0 Å². The predicted octanol–water partition coefficient (Wildman–Crippen LogP) is 8.93. The minimum absolute atomic E-state index is 0.620. The van der Waals surface area contributed by atoms with Crippen molar-refractivity contribution in [2.75, 3.05) is 0 Å². The maximum absolute atomic E-state index is 2.69. The molecule has 0 saturated heterocycles. The average molecular weight is 373 g/mol. The highest BCUT2D eigenvalue weighted by atomic mass is 14.7. The normalized spacial score (nSPS) is 33.6. The lowest BCUT2D eigenvalue weighted by Crippen LogP contribution is -2.43. The molecule has 4 saturated carbocycles. The van der Waals surface area contributed by atoms with Gasteiger partial charge in [-0.05, 0) is 66.6 Å². The molecule has 0 amide bonds. The molecule has 0 N–H and O–H groups in total. The molecule has 0 aromatic rings. The molecule has 4 fully saturated rings. The van der Waals surface area contributed by atoms with Crippen LogP contribution in [0, 0.1) is 34.5 Å². The molecule has 0 radical (unpaired) electrons. The molecule has 0 spiro atoms. The highest BCUT2D eigenvalue weighted by Gasteiger charge is 2.61. The van der Waals surface area contributed by atoms with E-state index in [1.165, 1.54) is 38.5 Å². The van der Waals surface area contributed by atoms with Crippen LogP contribution < -0.4 is 0 Å². The van der Waals surface area contributed by atoms with Gasteiger partial charge in [0.2, 0.25) is 0 Å². The van der Waals surface area contributed by atoms with Gasteiger partial charge in [-0.3, -0.25) is 0 Å². The van der Waals surface area contributed by atoms with Gasteiger partial charge in [-0.15, -0.1) is 0 Å². The molecule has 0 aliphatic heterocycles. The molecule has 4 aliphatic carbocycles. The lowest BCUT2D eigenvalue weighted by Gasteiger charge is -2.51. The maximum atomic E-state index is 2.69. The average Bonchev–Trinajstić information content (AvgIpc) is 3.25. The first kappa shape index (κ1) is 20.3. The van der Waals surface area contributed by atoms with E-state index in [2.05, 4.69) is 13.8 Å². The van der Waals surface area contributed by atoms with Gasteiger partial charge >= 0.3 is 0 Å². The van der Waals surface area contributed by atoms with Crippen LogP contribution >= 0.6 is 0 Å². The molecule has 2 unspecified atom stereocenters. The molecule has 0 heteroatoms. The van der Waals surface area contributed by atoms with Crippen molar-refractivity contribution >= 4 is 0 Å². The third-order valence-electron chi connectivity index (χ3n) is 10.4. The Bertz CT molecular complexity index is 425. The van der Waals surface area contributed by atoms with Crippen LogP contribution in [-0.4, -0.2) is 0 Å². The highest BCUT2D eigenvalue weighted by Crippen LogP contribution is 2.70. The second-order valence-corrected chi connectivity index (χ2v) is 11.9. The van der Waals surface area contributed by atoms with E-state index in [0.29, 0.717) is 10.8 Å². The molecule has 0 aromatic carbocycles. The van der Waals surface area contributed by atoms with Crippen molar-refractivity contribution in [1.29, 1.82) is 0 Å². The first-order valence-electron chi connectivity index (χ1n) is 13.1. The van der Waals surface area contributed by atoms with Crippen LogP contribution in [0.1, 0.15) is 136 Å². The van der Waals surface area contributed by atoms with Crippen LogP contribution in [0.3, 0.4) is 0 Å². The molecular weight excluding hydrogens is 324 g/mol. The van der Waals surface area contributed by atoms with E-state index in [1.807, 2.05) is 0 Å². The van der Waals surface area contributed by atoms with Gasteiger partial charge in [-0.1, -0.05) is 104 Å². The quantitative estimate of drug-likeness (QED) is 0.399. The van der Waals surface area contributed by atoms with E-state index in [1.54, 1.807) is 83.5 Å². The first-order chi connectivity index (χ1) is 13.1. The topological polar surface area (TPSA) is 0 Å². The van der Waals surface area contributed by atoms with Gasteiger partial charge in [0.1, 0.15) is 0 Å². The lowest BCUT2D eigenvalue weighted by molar-refractivity contribution is -0.0192. The maximum Gasteiger partial charge on any atom is -0.0215 e. The minimum atomic E-state index is 0.620. The van der Waals surface area contributed by atoms with Gasteiger partial charge < -0.3 is 0 Å². The molecule has 0 nitrogen and oxygen atoms in total. The van der Waals surface area contributed by atoms with Gasteiger partial charge in [-0.2, -0.15) is 0 Å². The summed E-state index contributed by atoms with van der Waals surface area (Å²) in [6.45, 7) is 5.39. The fraction of sp³-hybridized carbons (Fsp3) is 1.00. The SMILES string of the molecule is CC1(C)C2CCC(C2)C1(CCCC1CCCCC1)CCCC1CCCCC1. The summed E-state index contributed by atoms with van der Waals surface area (Å²) < 4.78 is 0. The molecule has 2 atom stereocenters. The molecular formula is C27H48. The lowest BCUT2D eigenvalue weighted by atomic mass is 9.54. The van der Waals surface area contributed by atoms with Crippen LogP contribution in [0.25, 0.3) is 0 Å². The molecule has 156 valence electrons. The number of rotatable bonds is 8. The first-order valence-corrected chi connectivity index (χ1v) is 13.1. The van der Waals surface area contributed by atoms with Crippen molar-refractivity contribution in [3.63, 3.8) is 0 Å². The number of hydrogen-bond acceptors (Lipinski definition) is 0. The zero-order valence-corrected chi connectivity index (χ0v) is 18.7. The van der Waals surface area contributed by atoms with Crippen molar-refractivity contribution < 1.29 is 0 Å². The number of fused-ring (bicyclic) bond motifs is 2. The summed E-state index contributed by atoms with van der Waals surface area (Å²) in [7, 11) is 0. The van der Waals surface area contributed by atoms with Crippen molar-refractivity contribution in [3.8, 4) is 0 Å². The minimum Gasteiger partial charge on any atom is -0.0591 e. The predicted molar refractivity (Wildman–Crippen MR) is 118 cm³/mol. The third-order valence-corrected chi connectivity index (χ3v) is 10.4. The van der Waals surface area contributed by atoms with Crippen molar-refractivity contribution in [2.45, 2.75) is 136 Å². The fourth-order valence-electron chi connectivity index (χ4n) is 8.61. The van der Waals surface area contributed by atoms with E-state index < -0.39 is 0 Å². The Hall–Kier alpha value is 0. The number of hydrogen-bond donors (Lipinski definition) is 0. The Labute approximate surface area is 170 Å². The van der Waals surface area contributed by atoms with Crippen LogP contribution in [0.5, 0.6) is 0 Å². The Morgan fingerprint density at radius 1 is 0.593 bits per heavy atom. The van der Waals surface area contributed by atoms with E-state index in [4.69, 9.17) is 0 Å². The zero-order valence-electron chi connectivity index (χ0n) is 18.7. The molecule has 0 aromatic heterocycles. The third kappa shape index (κ3) is 4.16. The van der Waals surface area contributed by atoms with Crippen molar-refractivity contribution in [2.24, 2.45) is 34.5 Å². The highest BCUT2D eigenvalue weighted by molar-refractivity contribution is 5.10. The standard InChI is InChI=1S/C27H48/c1-26(2)24-17-18-25(21-24)27(26,19-9-15-22-11-5-3-6-12-22)20-10-16-23-13-7-4-8-14-23/h22-25H,3-21H2,1-2H3. The molecule has 0 heterocycles. The van der Waals surface area contributed by atoms with Gasteiger partial charge in [0.05, 0.1) is 0 Å². The Morgan fingerprint density at radius 2 is 1.07 bits per heavy atom. The molecule has 27 heavy (non-hydrogen) atoms. The summed E-state index contributed by atoms with van der Waals surface area (Å²) in [5.41, 5.74) is 1.33. The fourth-order valence-corrected chi connectivity index (χ4v) is 8.61. The Morgan fingerprint density at radius 3 is 1.52 bits per heavy atom. The van der Waals surface area contributed by atoms with Gasteiger partial charge in [-0.25, -0.2) is 0 Å². The second kappa shape index (κ2) is 8.79. The Balaban J connectivity index is 1.35. The second-order valence-electron chi connectivity index (χ2n) is 11.9. The summed E-state index contributed by atoms with van der Waals surface area (Å²) in [5.74, 6) is 4.29. The van der Waals surface area contributed by atoms with Crippen molar-refractivity contribution in [1.82, 2.24) is 0 Å². The zero-order chi connectivity index (χ0) is 18.7. The van der Waals surface area contributed by atoms with Gasteiger partial charge in [0, 0.05) is 0 Å². The molecule has 4 aliphatic rings. The van der Waals surface area contributed by atoms with Gasteiger partial charge in [0.15, 0.2) is 0 Å². The van der Waals surface area contributed by atoms with Gasteiger partial charge in [0.25, 0.3) is 0 Å². The monoisotopic (exact) mass is 372 g/mol. The van der Waals surface area contributed by atoms with Crippen LogP contribution in [0.2, 0.25) is 0 Å². The van der Waals surface area contributed by atoms with Crippen molar-refractivity contribution in [3.05, 3.63) is 0 Å². The molecule has 2 bridgehead atoms. The van der Waals surface area contributed by atoms with Crippen LogP contribution in [-0.2, 0) is 0 Å². The summed E-state index contributed by atoms with van der Waals surface area (Å²) in [6, 6.07) is 0. The van der Waals surface area contributed by atoms with Crippen LogP contribution in [0.15, 0.2) is 0 Å². The van der Waals surface area contributed by atoms with E-state index in [0.717, 1.165) is 23.7 Å². The largest absolute Gasteiger partial charge is 0.0591 e. The summed E-state index contributed by atoms with van der Waals surface area (Å²) in [6.07, 6.45) is 29.3. The Kier molecular flexibility index (Phi) is 6.60. The smallest absolute Gasteiger partial charge is 0.0215 e. The van der Waals surface area contributed by atoms with E-state index in [9.17, 15) is 0 Å². The molecule has 4 rings (SSSR count). The summed E-state index contributed by atoms with van der Waals surface area (Å²) in [4.78, 5) is 0. The summed E-state index contributed by atoms with van der Waals surface area (Å²) >= 11 is 0. The van der Waals surface area contributed by atoms with E-state index in [-0.39, 0.29) is 0 Å². The van der Waals surface area contributed by atoms with Crippen LogP contribution in [0.4, 0.5) is 0 Å².